The van der Waals surface area contributed by atoms with Crippen LogP contribution in [0.2, 0.25) is 0 Å². The van der Waals surface area contributed by atoms with Crippen molar-refractivity contribution >= 4 is 5.97 Å². The van der Waals surface area contributed by atoms with Gasteiger partial charge < -0.3 is 4.74 Å². The third-order valence-corrected chi connectivity index (χ3v) is 1.79. The van der Waals surface area contributed by atoms with Gasteiger partial charge in [-0.1, -0.05) is 10.3 Å². The number of rotatable bonds is 4. The largest absolute Gasteiger partial charge is 0.468 e. The molecule has 0 N–H and O–H groups in total. The second-order valence-electron chi connectivity index (χ2n) is 3.04. The van der Waals surface area contributed by atoms with Crippen LogP contribution in [0.4, 0.5) is 0 Å². The molecule has 0 atom stereocenters. The lowest BCUT2D eigenvalue weighted by Crippen LogP contribution is -2.26. The number of methoxy groups -OCH3 is 1. The first kappa shape index (κ1) is 10.6. The minimum atomic E-state index is -0.276. The Morgan fingerprint density at radius 2 is 2.29 bits per heavy atom. The number of hydrogen-bond donors (Lipinski definition) is 0. The highest BCUT2D eigenvalue weighted by Crippen LogP contribution is 2.03. The maximum absolute atomic E-state index is 10.9. The van der Waals surface area contributed by atoms with Gasteiger partial charge in [-0.15, -0.1) is 0 Å². The SMILES string of the molecule is COC(=O)CN(C)Cc1nonc1C. The van der Waals surface area contributed by atoms with Crippen LogP contribution in [0.3, 0.4) is 0 Å². The van der Waals surface area contributed by atoms with Crippen LogP contribution in [-0.4, -0.2) is 41.9 Å². The molecule has 0 aliphatic carbocycles. The molecule has 0 aliphatic heterocycles. The van der Waals surface area contributed by atoms with E-state index in [-0.39, 0.29) is 12.5 Å². The Bertz CT molecular complexity index is 311. The molecule has 1 rings (SSSR count). The second-order valence-corrected chi connectivity index (χ2v) is 3.04. The molecule has 0 amide bonds. The molecule has 0 aliphatic rings. The first-order valence-corrected chi connectivity index (χ1v) is 4.17. The predicted molar refractivity (Wildman–Crippen MR) is 47.4 cm³/mol. The molecule has 0 fully saturated rings. The number of esters is 1. The third-order valence-electron chi connectivity index (χ3n) is 1.79. The quantitative estimate of drug-likeness (QED) is 0.635. The summed E-state index contributed by atoms with van der Waals surface area (Å²) in [4.78, 5) is 12.7. The molecule has 0 radical (unpaired) electrons. The molecule has 0 unspecified atom stereocenters. The van der Waals surface area contributed by atoms with Crippen LogP contribution >= 0.6 is 0 Å². The standard InChI is InChI=1S/C8H13N3O3/c1-6-7(10-14-9-6)4-11(2)5-8(12)13-3/h4-5H2,1-3H3. The molecule has 1 aromatic heterocycles. The molecule has 0 bridgehead atoms. The van der Waals surface area contributed by atoms with Crippen molar-refractivity contribution in [3.8, 4) is 0 Å². The molecule has 0 saturated carbocycles. The Labute approximate surface area is 81.8 Å². The zero-order chi connectivity index (χ0) is 10.6. The molecule has 0 saturated heterocycles. The van der Waals surface area contributed by atoms with E-state index in [1.54, 1.807) is 18.9 Å². The third kappa shape index (κ3) is 2.81. The molecule has 14 heavy (non-hydrogen) atoms. The summed E-state index contributed by atoms with van der Waals surface area (Å²) in [6.07, 6.45) is 0. The molecule has 0 spiro atoms. The van der Waals surface area contributed by atoms with E-state index >= 15 is 0 Å². The zero-order valence-electron chi connectivity index (χ0n) is 8.48. The van der Waals surface area contributed by atoms with E-state index in [9.17, 15) is 4.79 Å². The summed E-state index contributed by atoms with van der Waals surface area (Å²) in [5, 5.41) is 7.35. The highest BCUT2D eigenvalue weighted by molar-refractivity contribution is 5.71. The highest BCUT2D eigenvalue weighted by Gasteiger charge is 2.11. The van der Waals surface area contributed by atoms with Crippen molar-refractivity contribution in [1.82, 2.24) is 15.2 Å². The number of aromatic nitrogens is 2. The van der Waals surface area contributed by atoms with Gasteiger partial charge in [-0.05, 0) is 14.0 Å². The van der Waals surface area contributed by atoms with Crippen LogP contribution in [0.1, 0.15) is 11.4 Å². The maximum Gasteiger partial charge on any atom is 0.319 e. The van der Waals surface area contributed by atoms with E-state index < -0.39 is 0 Å². The lowest BCUT2D eigenvalue weighted by atomic mass is 10.3. The summed E-state index contributed by atoms with van der Waals surface area (Å²) in [6, 6.07) is 0. The van der Waals surface area contributed by atoms with Gasteiger partial charge in [0, 0.05) is 6.54 Å². The topological polar surface area (TPSA) is 68.5 Å². The fourth-order valence-electron chi connectivity index (χ4n) is 0.989. The summed E-state index contributed by atoms with van der Waals surface area (Å²) in [5.41, 5.74) is 1.47. The van der Waals surface area contributed by atoms with Gasteiger partial charge in [0.25, 0.3) is 0 Å². The minimum absolute atomic E-state index is 0.225. The Morgan fingerprint density at radius 1 is 1.57 bits per heavy atom. The van der Waals surface area contributed by atoms with Crippen LogP contribution in [0.5, 0.6) is 0 Å². The summed E-state index contributed by atoms with van der Waals surface area (Å²) in [5.74, 6) is -0.276. The molecule has 78 valence electrons. The van der Waals surface area contributed by atoms with E-state index in [4.69, 9.17) is 0 Å². The van der Waals surface area contributed by atoms with Crippen molar-refractivity contribution in [3.63, 3.8) is 0 Å². The minimum Gasteiger partial charge on any atom is -0.468 e. The molecule has 6 heteroatoms. The number of carbonyl (C=O) groups excluding carboxylic acids is 1. The van der Waals surface area contributed by atoms with Crippen molar-refractivity contribution < 1.29 is 14.2 Å². The Hall–Kier alpha value is -1.43. The van der Waals surface area contributed by atoms with Gasteiger partial charge in [0.05, 0.1) is 13.7 Å². The van der Waals surface area contributed by atoms with Crippen LogP contribution in [-0.2, 0) is 16.1 Å². The molecule has 1 heterocycles. The smallest absolute Gasteiger partial charge is 0.319 e. The van der Waals surface area contributed by atoms with Crippen LogP contribution in [0, 0.1) is 6.92 Å². The van der Waals surface area contributed by atoms with Crippen molar-refractivity contribution in [3.05, 3.63) is 11.4 Å². The van der Waals surface area contributed by atoms with Gasteiger partial charge in [-0.3, -0.25) is 9.69 Å². The second kappa shape index (κ2) is 4.71. The van der Waals surface area contributed by atoms with E-state index in [1.807, 2.05) is 0 Å². The summed E-state index contributed by atoms with van der Waals surface area (Å²) in [6.45, 7) is 2.55. The van der Waals surface area contributed by atoms with E-state index in [1.165, 1.54) is 7.11 Å². The Morgan fingerprint density at radius 3 is 2.79 bits per heavy atom. The van der Waals surface area contributed by atoms with E-state index in [0.717, 1.165) is 11.4 Å². The normalized spacial score (nSPS) is 10.6. The van der Waals surface area contributed by atoms with Crippen molar-refractivity contribution in [2.45, 2.75) is 13.5 Å². The average molecular weight is 199 g/mol. The number of nitrogens with zero attached hydrogens (tertiary/aromatic N) is 3. The average Bonchev–Trinajstić information content (AvgIpc) is 2.51. The molecule has 0 aromatic carbocycles. The monoisotopic (exact) mass is 199 g/mol. The number of aryl methyl sites for hydroxylation is 1. The van der Waals surface area contributed by atoms with Crippen LogP contribution in [0.15, 0.2) is 4.63 Å². The van der Waals surface area contributed by atoms with Crippen molar-refractivity contribution in [1.29, 1.82) is 0 Å². The number of ether oxygens (including phenoxy) is 1. The molecular formula is C8H13N3O3. The summed E-state index contributed by atoms with van der Waals surface area (Å²) < 4.78 is 9.06. The van der Waals surface area contributed by atoms with E-state index in [0.29, 0.717) is 6.54 Å². The van der Waals surface area contributed by atoms with Gasteiger partial charge in [0.15, 0.2) is 0 Å². The number of carbonyl (C=O) groups is 1. The maximum atomic E-state index is 10.9. The molecule has 1 aromatic rings. The fraction of sp³-hybridized carbons (Fsp3) is 0.625. The van der Waals surface area contributed by atoms with Gasteiger partial charge in [0.1, 0.15) is 11.4 Å². The summed E-state index contributed by atoms with van der Waals surface area (Å²) >= 11 is 0. The lowest BCUT2D eigenvalue weighted by molar-refractivity contribution is -0.141. The number of likely N-dealkylation sites (N-methyl/N-ethyl adjacent to an activating group) is 1. The zero-order valence-corrected chi connectivity index (χ0v) is 8.48. The lowest BCUT2D eigenvalue weighted by Gasteiger charge is -2.12. The molecular weight excluding hydrogens is 186 g/mol. The fourth-order valence-corrected chi connectivity index (χ4v) is 0.989. The Kier molecular flexibility index (Phi) is 3.58. The van der Waals surface area contributed by atoms with Crippen LogP contribution < -0.4 is 0 Å². The summed E-state index contributed by atoms with van der Waals surface area (Å²) in [7, 11) is 3.16. The van der Waals surface area contributed by atoms with E-state index in [2.05, 4.69) is 19.7 Å². The van der Waals surface area contributed by atoms with Gasteiger partial charge in [-0.2, -0.15) is 0 Å². The van der Waals surface area contributed by atoms with Gasteiger partial charge in [-0.25, -0.2) is 4.63 Å². The van der Waals surface area contributed by atoms with Crippen molar-refractivity contribution in [2.75, 3.05) is 20.7 Å². The van der Waals surface area contributed by atoms with Gasteiger partial charge >= 0.3 is 5.97 Å². The van der Waals surface area contributed by atoms with Crippen LogP contribution in [0.25, 0.3) is 0 Å². The molecule has 6 nitrogen and oxygen atoms in total. The van der Waals surface area contributed by atoms with Crippen molar-refractivity contribution in [2.24, 2.45) is 0 Å². The number of hydrogen-bond acceptors (Lipinski definition) is 6. The first-order chi connectivity index (χ1) is 6.63. The Balaban J connectivity index is 2.45. The highest BCUT2D eigenvalue weighted by atomic mass is 16.6. The predicted octanol–water partition coefficient (Wildman–Crippen LogP) is -0.0172. The first-order valence-electron chi connectivity index (χ1n) is 4.17. The van der Waals surface area contributed by atoms with Gasteiger partial charge in [0.2, 0.25) is 0 Å².